The molecule has 0 radical (unpaired) electrons. The van der Waals surface area contributed by atoms with Crippen LogP contribution in [-0.2, 0) is 13.0 Å². The fraction of sp³-hybridized carbons (Fsp3) is 0.263. The maximum Gasteiger partial charge on any atom is 0.251 e. The summed E-state index contributed by atoms with van der Waals surface area (Å²) >= 11 is 3.38. The third-order valence-electron chi connectivity index (χ3n) is 3.97. The monoisotopic (exact) mass is 385 g/mol. The van der Waals surface area contributed by atoms with Crippen molar-refractivity contribution in [1.29, 1.82) is 0 Å². The lowest BCUT2D eigenvalue weighted by Gasteiger charge is -2.05. The molecular formula is C19H20BrN3O. The molecule has 1 N–H and O–H groups in total. The Balaban J connectivity index is 1.67. The van der Waals surface area contributed by atoms with Gasteiger partial charge in [-0.25, -0.2) is 4.98 Å². The second-order valence-corrected chi connectivity index (χ2v) is 6.65. The summed E-state index contributed by atoms with van der Waals surface area (Å²) in [5.74, 6) is -0.0436. The molecule has 5 heteroatoms. The van der Waals surface area contributed by atoms with Crippen LogP contribution < -0.4 is 5.32 Å². The molecule has 0 spiro atoms. The SMILES string of the molecule is CCCn1cc(CCNC(=O)c2ccc(Br)cc2)c2cccnc21. The number of rotatable bonds is 6. The second kappa shape index (κ2) is 7.62. The third kappa shape index (κ3) is 3.67. The van der Waals surface area contributed by atoms with Gasteiger partial charge in [0.25, 0.3) is 5.91 Å². The summed E-state index contributed by atoms with van der Waals surface area (Å²) in [4.78, 5) is 16.7. The van der Waals surface area contributed by atoms with Gasteiger partial charge < -0.3 is 9.88 Å². The number of nitrogens with one attached hydrogen (secondary N) is 1. The third-order valence-corrected chi connectivity index (χ3v) is 4.50. The van der Waals surface area contributed by atoms with E-state index in [0.29, 0.717) is 12.1 Å². The lowest BCUT2D eigenvalue weighted by molar-refractivity contribution is 0.0954. The first-order chi connectivity index (χ1) is 11.7. The Morgan fingerprint density at radius 3 is 2.79 bits per heavy atom. The first-order valence-electron chi connectivity index (χ1n) is 8.15. The van der Waals surface area contributed by atoms with E-state index in [-0.39, 0.29) is 5.91 Å². The average molecular weight is 386 g/mol. The largest absolute Gasteiger partial charge is 0.352 e. The van der Waals surface area contributed by atoms with Crippen molar-refractivity contribution >= 4 is 32.9 Å². The molecule has 0 bridgehead atoms. The van der Waals surface area contributed by atoms with Crippen LogP contribution in [0.2, 0.25) is 0 Å². The van der Waals surface area contributed by atoms with Crippen LogP contribution in [0.25, 0.3) is 11.0 Å². The molecule has 3 rings (SSSR count). The van der Waals surface area contributed by atoms with E-state index >= 15 is 0 Å². The summed E-state index contributed by atoms with van der Waals surface area (Å²) in [5, 5.41) is 4.16. The van der Waals surface area contributed by atoms with Crippen LogP contribution in [0.5, 0.6) is 0 Å². The Morgan fingerprint density at radius 1 is 1.25 bits per heavy atom. The molecule has 24 heavy (non-hydrogen) atoms. The minimum absolute atomic E-state index is 0.0436. The van der Waals surface area contributed by atoms with Crippen molar-refractivity contribution in [2.24, 2.45) is 0 Å². The number of hydrogen-bond acceptors (Lipinski definition) is 2. The Labute approximate surface area is 150 Å². The minimum atomic E-state index is -0.0436. The Bertz CT molecular complexity index is 839. The van der Waals surface area contributed by atoms with E-state index in [1.54, 1.807) is 0 Å². The molecule has 0 unspecified atom stereocenters. The molecule has 2 aromatic heterocycles. The molecule has 124 valence electrons. The van der Waals surface area contributed by atoms with Crippen molar-refractivity contribution < 1.29 is 4.79 Å². The van der Waals surface area contributed by atoms with Crippen molar-refractivity contribution in [3.8, 4) is 0 Å². The summed E-state index contributed by atoms with van der Waals surface area (Å²) < 4.78 is 3.16. The fourth-order valence-electron chi connectivity index (χ4n) is 2.82. The predicted molar refractivity (Wildman–Crippen MR) is 100 cm³/mol. The molecule has 0 aliphatic carbocycles. The van der Waals surface area contributed by atoms with Gasteiger partial charge in [0.2, 0.25) is 0 Å². The lowest BCUT2D eigenvalue weighted by atomic mass is 10.1. The molecular weight excluding hydrogens is 366 g/mol. The predicted octanol–water partition coefficient (Wildman–Crippen LogP) is 4.18. The van der Waals surface area contributed by atoms with Crippen LogP contribution in [0, 0.1) is 0 Å². The van der Waals surface area contributed by atoms with Gasteiger partial charge in [-0.05, 0) is 54.8 Å². The molecule has 0 aliphatic rings. The smallest absolute Gasteiger partial charge is 0.251 e. The van der Waals surface area contributed by atoms with Gasteiger partial charge >= 0.3 is 0 Å². The number of aryl methyl sites for hydroxylation is 1. The van der Waals surface area contributed by atoms with Gasteiger partial charge in [-0.2, -0.15) is 0 Å². The van der Waals surface area contributed by atoms with Crippen LogP contribution in [0.1, 0.15) is 29.3 Å². The van der Waals surface area contributed by atoms with Crippen molar-refractivity contribution in [2.75, 3.05) is 6.54 Å². The molecule has 1 amide bonds. The average Bonchev–Trinajstić information content (AvgIpc) is 2.94. The number of hydrogen-bond donors (Lipinski definition) is 1. The van der Waals surface area contributed by atoms with Crippen LogP contribution in [0.15, 0.2) is 53.3 Å². The highest BCUT2D eigenvalue weighted by molar-refractivity contribution is 9.10. The lowest BCUT2D eigenvalue weighted by Crippen LogP contribution is -2.25. The van der Waals surface area contributed by atoms with Crippen LogP contribution in [0.4, 0.5) is 0 Å². The van der Waals surface area contributed by atoms with Crippen LogP contribution in [-0.4, -0.2) is 22.0 Å². The van der Waals surface area contributed by atoms with Gasteiger partial charge in [-0.15, -0.1) is 0 Å². The van der Waals surface area contributed by atoms with Gasteiger partial charge in [-0.3, -0.25) is 4.79 Å². The van der Waals surface area contributed by atoms with Crippen LogP contribution in [0.3, 0.4) is 0 Å². The zero-order valence-corrected chi connectivity index (χ0v) is 15.2. The second-order valence-electron chi connectivity index (χ2n) is 5.74. The number of pyridine rings is 1. The van der Waals surface area contributed by atoms with Crippen molar-refractivity contribution in [1.82, 2.24) is 14.9 Å². The molecule has 1 aromatic carbocycles. The number of fused-ring (bicyclic) bond motifs is 1. The summed E-state index contributed by atoms with van der Waals surface area (Å²) in [5.41, 5.74) is 2.92. The first-order valence-corrected chi connectivity index (χ1v) is 8.95. The van der Waals surface area contributed by atoms with Crippen LogP contribution >= 0.6 is 15.9 Å². The highest BCUT2D eigenvalue weighted by atomic mass is 79.9. The zero-order valence-electron chi connectivity index (χ0n) is 13.6. The van der Waals surface area contributed by atoms with Gasteiger partial charge in [0.15, 0.2) is 0 Å². The summed E-state index contributed by atoms with van der Waals surface area (Å²) in [6, 6.07) is 11.4. The molecule has 0 saturated carbocycles. The van der Waals surface area contributed by atoms with E-state index in [1.165, 1.54) is 10.9 Å². The van der Waals surface area contributed by atoms with E-state index in [4.69, 9.17) is 0 Å². The van der Waals surface area contributed by atoms with Crippen molar-refractivity contribution in [2.45, 2.75) is 26.3 Å². The van der Waals surface area contributed by atoms with Gasteiger partial charge in [0, 0.05) is 40.9 Å². The number of benzene rings is 1. The van der Waals surface area contributed by atoms with Gasteiger partial charge in [-0.1, -0.05) is 22.9 Å². The minimum Gasteiger partial charge on any atom is -0.352 e. The van der Waals surface area contributed by atoms with E-state index < -0.39 is 0 Å². The van der Waals surface area contributed by atoms with Gasteiger partial charge in [0.05, 0.1) is 0 Å². The summed E-state index contributed by atoms with van der Waals surface area (Å²) in [7, 11) is 0. The standard InChI is InChI=1S/C19H20BrN3O/c1-2-12-23-13-15(17-4-3-10-21-18(17)23)9-11-22-19(24)14-5-7-16(20)8-6-14/h3-8,10,13H,2,9,11-12H2,1H3,(H,22,24). The normalized spacial score (nSPS) is 10.9. The number of carbonyl (C=O) groups excluding carboxylic acids is 1. The number of nitrogens with zero attached hydrogens (tertiary/aromatic N) is 2. The van der Waals surface area contributed by atoms with E-state index in [0.717, 1.165) is 29.5 Å². The highest BCUT2D eigenvalue weighted by Crippen LogP contribution is 2.20. The Kier molecular flexibility index (Phi) is 5.30. The molecule has 3 aromatic rings. The fourth-order valence-corrected chi connectivity index (χ4v) is 3.08. The molecule has 0 aliphatic heterocycles. The molecule has 0 atom stereocenters. The van der Waals surface area contributed by atoms with Crippen molar-refractivity contribution in [3.63, 3.8) is 0 Å². The Morgan fingerprint density at radius 2 is 2.04 bits per heavy atom. The van der Waals surface area contributed by atoms with E-state index in [2.05, 4.69) is 50.0 Å². The first kappa shape index (κ1) is 16.7. The highest BCUT2D eigenvalue weighted by Gasteiger charge is 2.10. The zero-order chi connectivity index (χ0) is 16.9. The molecule has 4 nitrogen and oxygen atoms in total. The number of carbonyl (C=O) groups is 1. The van der Waals surface area contributed by atoms with Crippen molar-refractivity contribution in [3.05, 3.63) is 64.4 Å². The summed E-state index contributed by atoms with van der Waals surface area (Å²) in [6.45, 7) is 3.72. The summed E-state index contributed by atoms with van der Waals surface area (Å²) in [6.07, 6.45) is 5.85. The van der Waals surface area contributed by atoms with Gasteiger partial charge in [0.1, 0.15) is 5.65 Å². The quantitative estimate of drug-likeness (QED) is 0.691. The molecule has 0 saturated heterocycles. The molecule has 0 fully saturated rings. The topological polar surface area (TPSA) is 46.9 Å². The maximum atomic E-state index is 12.2. The molecule has 2 heterocycles. The maximum absolute atomic E-state index is 12.2. The number of halogens is 1. The number of amides is 1. The number of aromatic nitrogens is 2. The van der Waals surface area contributed by atoms with E-state index in [1.807, 2.05) is 36.5 Å². The van der Waals surface area contributed by atoms with E-state index in [9.17, 15) is 4.79 Å². The Hall–Kier alpha value is -2.14.